The Bertz CT molecular complexity index is 1160. The number of fused-ring (bicyclic) bond motifs is 1. The molecule has 2 amide bonds. The maximum Gasteiger partial charge on any atom is 0.313 e. The van der Waals surface area contributed by atoms with Gasteiger partial charge in [0.25, 0.3) is 5.91 Å². The van der Waals surface area contributed by atoms with E-state index in [1.807, 2.05) is 52.8 Å². The van der Waals surface area contributed by atoms with Gasteiger partial charge in [0.05, 0.1) is 24.2 Å². The van der Waals surface area contributed by atoms with E-state index in [9.17, 15) is 19.5 Å². The van der Waals surface area contributed by atoms with Crippen LogP contribution < -0.4 is 4.90 Å². The van der Waals surface area contributed by atoms with Crippen LogP contribution in [0.2, 0.25) is 0 Å². The number of para-hydroxylation sites is 1. The van der Waals surface area contributed by atoms with E-state index in [-0.39, 0.29) is 37.5 Å². The molecule has 0 aromatic heterocycles. The van der Waals surface area contributed by atoms with Crippen LogP contribution in [-0.4, -0.2) is 70.8 Å². The van der Waals surface area contributed by atoms with Crippen LogP contribution in [0.15, 0.2) is 43.5 Å². The SMILES string of the molecule is C=CCOC(=O)[C@@H]1[C@H]2C(=O)N([C@@H](CO)[C@@H](C)CC)C(C(=O)N(CC=C)c3c(C)cccc3C)C23CC[C@@]1(CC)O3. The molecule has 1 N–H and O–H groups in total. The molecule has 3 heterocycles. The van der Waals surface area contributed by atoms with Crippen molar-refractivity contribution in [2.75, 3.05) is 24.7 Å². The molecule has 8 nitrogen and oxygen atoms in total. The van der Waals surface area contributed by atoms with Crippen molar-refractivity contribution < 1.29 is 29.0 Å². The zero-order chi connectivity index (χ0) is 29.4. The van der Waals surface area contributed by atoms with Crippen molar-refractivity contribution in [3.05, 3.63) is 54.6 Å². The van der Waals surface area contributed by atoms with Gasteiger partial charge >= 0.3 is 5.97 Å². The molecular weight excluding hydrogens is 508 g/mol. The standard InChI is InChI=1S/C32H44N2O6/c1-8-17-33(26-21(6)13-12-14-22(26)7)29(37)27-32-16-15-31(11-4,40-32)25(30(38)39-18-9-2)24(32)28(36)34(27)23(19-35)20(5)10-3/h8-9,12-14,20,23-25,27,35H,1-2,10-11,15-19H2,3-7H3/t20-,23-,24-,25-,27?,31+,32?/m0/s1. The first-order valence-corrected chi connectivity index (χ1v) is 14.5. The highest BCUT2D eigenvalue weighted by Gasteiger charge is 2.79. The van der Waals surface area contributed by atoms with E-state index in [4.69, 9.17) is 9.47 Å². The van der Waals surface area contributed by atoms with Crippen LogP contribution in [0.1, 0.15) is 57.6 Å². The Hall–Kier alpha value is -2.97. The fourth-order valence-corrected chi connectivity index (χ4v) is 7.50. The van der Waals surface area contributed by atoms with E-state index in [2.05, 4.69) is 13.2 Å². The Morgan fingerprint density at radius 2 is 1.90 bits per heavy atom. The van der Waals surface area contributed by atoms with Gasteiger partial charge in [-0.3, -0.25) is 14.4 Å². The topological polar surface area (TPSA) is 96.4 Å². The number of aliphatic hydroxyl groups is 1. The van der Waals surface area contributed by atoms with Crippen LogP contribution >= 0.6 is 0 Å². The minimum Gasteiger partial charge on any atom is -0.461 e. The van der Waals surface area contributed by atoms with Crippen LogP contribution in [0.3, 0.4) is 0 Å². The lowest BCUT2D eigenvalue weighted by Crippen LogP contribution is -2.60. The third-order valence-electron chi connectivity index (χ3n) is 9.58. The number of aryl methyl sites for hydroxylation is 2. The number of nitrogens with zero attached hydrogens (tertiary/aromatic N) is 2. The first-order valence-electron chi connectivity index (χ1n) is 14.5. The van der Waals surface area contributed by atoms with Gasteiger partial charge in [-0.2, -0.15) is 0 Å². The highest BCUT2D eigenvalue weighted by Crippen LogP contribution is 2.65. The van der Waals surface area contributed by atoms with E-state index >= 15 is 0 Å². The fraction of sp³-hybridized carbons (Fsp3) is 0.594. The number of esters is 1. The van der Waals surface area contributed by atoms with Crippen molar-refractivity contribution in [3.8, 4) is 0 Å². The maximum atomic E-state index is 14.9. The highest BCUT2D eigenvalue weighted by atomic mass is 16.6. The summed E-state index contributed by atoms with van der Waals surface area (Å²) < 4.78 is 12.4. The first-order chi connectivity index (χ1) is 19.1. The van der Waals surface area contributed by atoms with Gasteiger partial charge in [-0.1, -0.05) is 64.1 Å². The number of carbonyl (C=O) groups excluding carboxylic acids is 3. The quantitative estimate of drug-likeness (QED) is 0.310. The van der Waals surface area contributed by atoms with E-state index in [0.29, 0.717) is 25.7 Å². The molecule has 1 aromatic rings. The monoisotopic (exact) mass is 552 g/mol. The normalized spacial score (nSPS) is 30.1. The minimum absolute atomic E-state index is 0.0287. The second-order valence-electron chi connectivity index (χ2n) is 11.6. The summed E-state index contributed by atoms with van der Waals surface area (Å²) in [6.07, 6.45) is 5.38. The number of benzene rings is 1. The lowest BCUT2D eigenvalue weighted by Gasteiger charge is -2.41. The largest absolute Gasteiger partial charge is 0.461 e. The summed E-state index contributed by atoms with van der Waals surface area (Å²) in [4.78, 5) is 46.2. The van der Waals surface area contributed by atoms with Gasteiger partial charge in [-0.15, -0.1) is 6.58 Å². The first kappa shape index (κ1) is 30.0. The molecule has 40 heavy (non-hydrogen) atoms. The van der Waals surface area contributed by atoms with Gasteiger partial charge in [0.2, 0.25) is 5.91 Å². The smallest absolute Gasteiger partial charge is 0.313 e. The van der Waals surface area contributed by atoms with Crippen molar-refractivity contribution in [2.45, 2.75) is 83.6 Å². The predicted octanol–water partition coefficient (Wildman–Crippen LogP) is 4.11. The van der Waals surface area contributed by atoms with Crippen LogP contribution in [0.4, 0.5) is 5.69 Å². The third-order valence-corrected chi connectivity index (χ3v) is 9.58. The van der Waals surface area contributed by atoms with Gasteiger partial charge in [0, 0.05) is 12.2 Å². The molecule has 3 fully saturated rings. The second-order valence-corrected chi connectivity index (χ2v) is 11.6. The molecule has 2 bridgehead atoms. The summed E-state index contributed by atoms with van der Waals surface area (Å²) in [5, 5.41) is 10.6. The average Bonchev–Trinajstić information content (AvgIpc) is 3.55. The van der Waals surface area contributed by atoms with Crippen LogP contribution in [0.5, 0.6) is 0 Å². The van der Waals surface area contributed by atoms with Crippen molar-refractivity contribution >= 4 is 23.5 Å². The number of amides is 2. The Kier molecular flexibility index (Phi) is 8.62. The van der Waals surface area contributed by atoms with E-state index in [1.54, 1.807) is 15.9 Å². The summed E-state index contributed by atoms with van der Waals surface area (Å²) in [5.41, 5.74) is 0.514. The number of ether oxygens (including phenoxy) is 2. The molecule has 218 valence electrons. The molecule has 0 radical (unpaired) electrons. The van der Waals surface area contributed by atoms with Crippen LogP contribution in [0.25, 0.3) is 0 Å². The molecule has 7 atom stereocenters. The Morgan fingerprint density at radius 3 is 2.45 bits per heavy atom. The molecular formula is C32H44N2O6. The Morgan fingerprint density at radius 1 is 1.23 bits per heavy atom. The molecule has 1 spiro atoms. The maximum absolute atomic E-state index is 14.9. The van der Waals surface area contributed by atoms with E-state index in [1.165, 1.54) is 6.08 Å². The number of hydrogen-bond donors (Lipinski definition) is 1. The molecule has 2 unspecified atom stereocenters. The lowest BCUT2D eigenvalue weighted by molar-refractivity contribution is -0.161. The number of hydrogen-bond acceptors (Lipinski definition) is 6. The zero-order valence-electron chi connectivity index (χ0n) is 24.5. The van der Waals surface area contributed by atoms with Crippen molar-refractivity contribution in [1.29, 1.82) is 0 Å². The summed E-state index contributed by atoms with van der Waals surface area (Å²) in [6.45, 7) is 17.3. The molecule has 4 rings (SSSR count). The molecule has 0 saturated carbocycles. The molecule has 3 saturated heterocycles. The van der Waals surface area contributed by atoms with E-state index < -0.39 is 41.1 Å². The molecule has 0 aliphatic carbocycles. The third kappa shape index (κ3) is 4.40. The number of rotatable bonds is 12. The van der Waals surface area contributed by atoms with E-state index in [0.717, 1.165) is 16.8 Å². The van der Waals surface area contributed by atoms with Crippen molar-refractivity contribution in [2.24, 2.45) is 17.8 Å². The van der Waals surface area contributed by atoms with Crippen molar-refractivity contribution in [3.63, 3.8) is 0 Å². The average molecular weight is 553 g/mol. The summed E-state index contributed by atoms with van der Waals surface area (Å²) in [7, 11) is 0. The second kappa shape index (κ2) is 11.5. The summed E-state index contributed by atoms with van der Waals surface area (Å²) in [5.74, 6) is -2.93. The Balaban J connectivity index is 1.91. The number of anilines is 1. The lowest BCUT2D eigenvalue weighted by atomic mass is 9.65. The number of likely N-dealkylation sites (tertiary alicyclic amines) is 1. The van der Waals surface area contributed by atoms with Gasteiger partial charge in [-0.05, 0) is 50.2 Å². The minimum atomic E-state index is -1.21. The number of aliphatic hydroxyl groups excluding tert-OH is 1. The van der Waals surface area contributed by atoms with Gasteiger partial charge in [-0.25, -0.2) is 0 Å². The number of carbonyl (C=O) groups is 3. The summed E-state index contributed by atoms with van der Waals surface area (Å²) >= 11 is 0. The molecule has 8 heteroatoms. The van der Waals surface area contributed by atoms with Gasteiger partial charge < -0.3 is 24.4 Å². The van der Waals surface area contributed by atoms with Crippen LogP contribution in [-0.2, 0) is 23.9 Å². The van der Waals surface area contributed by atoms with Gasteiger partial charge in [0.15, 0.2) is 0 Å². The highest BCUT2D eigenvalue weighted by molar-refractivity contribution is 6.05. The Labute approximate surface area is 238 Å². The molecule has 3 aliphatic heterocycles. The summed E-state index contributed by atoms with van der Waals surface area (Å²) in [6, 6.07) is 4.23. The van der Waals surface area contributed by atoms with Crippen LogP contribution in [0, 0.1) is 31.6 Å². The zero-order valence-corrected chi connectivity index (χ0v) is 24.5. The predicted molar refractivity (Wildman–Crippen MR) is 154 cm³/mol. The molecule has 1 aromatic carbocycles. The van der Waals surface area contributed by atoms with Crippen molar-refractivity contribution in [1.82, 2.24) is 4.90 Å². The van der Waals surface area contributed by atoms with Gasteiger partial charge in [0.1, 0.15) is 24.2 Å². The fourth-order valence-electron chi connectivity index (χ4n) is 7.50. The molecule has 3 aliphatic rings.